The van der Waals surface area contributed by atoms with Crippen molar-refractivity contribution in [1.29, 1.82) is 0 Å². The van der Waals surface area contributed by atoms with Gasteiger partial charge in [0.2, 0.25) is 0 Å². The van der Waals surface area contributed by atoms with E-state index in [-0.39, 0.29) is 0 Å². The van der Waals surface area contributed by atoms with Gasteiger partial charge >= 0.3 is 0 Å². The summed E-state index contributed by atoms with van der Waals surface area (Å²) in [5.41, 5.74) is 0. The Bertz CT molecular complexity index is 166. The van der Waals surface area contributed by atoms with Crippen LogP contribution in [0, 0.1) is 17.8 Å². The second kappa shape index (κ2) is 8.93. The summed E-state index contributed by atoms with van der Waals surface area (Å²) in [5.74, 6) is 2.21. The summed E-state index contributed by atoms with van der Waals surface area (Å²) in [7, 11) is 0. The van der Waals surface area contributed by atoms with Crippen LogP contribution in [0.5, 0.6) is 0 Å². The fraction of sp³-hybridized carbons (Fsp3) is 1.00. The third-order valence-corrected chi connectivity index (χ3v) is 2.97. The minimum atomic E-state index is 0.623. The molecular weight excluding hydrogens is 208 g/mol. The van der Waals surface area contributed by atoms with E-state index in [1.807, 2.05) is 0 Å². The number of rotatable bonds is 9. The quantitative estimate of drug-likeness (QED) is 0.668. The van der Waals surface area contributed by atoms with Gasteiger partial charge in [0.25, 0.3) is 0 Å². The molecule has 0 saturated carbocycles. The van der Waals surface area contributed by atoms with Crippen molar-refractivity contribution in [3.63, 3.8) is 0 Å². The average molecular weight is 242 g/mol. The highest BCUT2D eigenvalue weighted by Crippen LogP contribution is 2.09. The molecule has 2 nitrogen and oxygen atoms in total. The van der Waals surface area contributed by atoms with Gasteiger partial charge in [0.05, 0.1) is 0 Å². The van der Waals surface area contributed by atoms with E-state index >= 15 is 0 Å². The lowest BCUT2D eigenvalue weighted by Crippen LogP contribution is -2.46. The normalized spacial score (nSPS) is 14.3. The zero-order valence-electron chi connectivity index (χ0n) is 13.1. The Hall–Kier alpha value is -0.0800. The van der Waals surface area contributed by atoms with Crippen molar-refractivity contribution < 1.29 is 0 Å². The first kappa shape index (κ1) is 16.9. The fourth-order valence-electron chi connectivity index (χ4n) is 2.31. The Morgan fingerprint density at radius 3 is 1.59 bits per heavy atom. The SMILES string of the molecule is CCNC(CN(CC(C)C)CC(C)C)C(C)C. The first-order valence-corrected chi connectivity index (χ1v) is 7.32. The summed E-state index contributed by atoms with van der Waals surface area (Å²) in [4.78, 5) is 2.63. The largest absolute Gasteiger partial charge is 0.313 e. The number of nitrogens with zero attached hydrogens (tertiary/aromatic N) is 1. The maximum Gasteiger partial charge on any atom is 0.0217 e. The maximum atomic E-state index is 3.62. The summed E-state index contributed by atoms with van der Waals surface area (Å²) < 4.78 is 0. The lowest BCUT2D eigenvalue weighted by atomic mass is 10.0. The van der Waals surface area contributed by atoms with Crippen LogP contribution in [0.3, 0.4) is 0 Å². The summed E-state index contributed by atoms with van der Waals surface area (Å²) >= 11 is 0. The second-order valence-electron chi connectivity index (χ2n) is 6.41. The maximum absolute atomic E-state index is 3.62. The van der Waals surface area contributed by atoms with Crippen LogP contribution in [-0.2, 0) is 0 Å². The van der Waals surface area contributed by atoms with E-state index in [0.717, 1.165) is 18.4 Å². The Morgan fingerprint density at radius 1 is 0.824 bits per heavy atom. The van der Waals surface area contributed by atoms with Crippen molar-refractivity contribution >= 4 is 0 Å². The molecule has 1 atom stereocenters. The van der Waals surface area contributed by atoms with Gasteiger partial charge < -0.3 is 10.2 Å². The number of hydrogen-bond acceptors (Lipinski definition) is 2. The molecule has 2 heteroatoms. The van der Waals surface area contributed by atoms with E-state index in [1.165, 1.54) is 19.6 Å². The van der Waals surface area contributed by atoms with Crippen LogP contribution in [0.25, 0.3) is 0 Å². The Labute approximate surface area is 109 Å². The zero-order chi connectivity index (χ0) is 13.4. The molecule has 0 aliphatic carbocycles. The van der Waals surface area contributed by atoms with E-state index < -0.39 is 0 Å². The van der Waals surface area contributed by atoms with E-state index in [2.05, 4.69) is 58.7 Å². The smallest absolute Gasteiger partial charge is 0.0217 e. The lowest BCUT2D eigenvalue weighted by Gasteiger charge is -2.32. The minimum absolute atomic E-state index is 0.623. The molecule has 0 rings (SSSR count). The molecule has 17 heavy (non-hydrogen) atoms. The average Bonchev–Trinajstić information content (AvgIpc) is 2.14. The van der Waals surface area contributed by atoms with Gasteiger partial charge in [0.1, 0.15) is 0 Å². The third-order valence-electron chi connectivity index (χ3n) is 2.97. The standard InChI is InChI=1S/C15H34N2/c1-8-16-15(14(6)7)11-17(9-12(2)3)10-13(4)5/h12-16H,8-11H2,1-7H3. The highest BCUT2D eigenvalue weighted by molar-refractivity contribution is 4.76. The van der Waals surface area contributed by atoms with Crippen molar-refractivity contribution in [2.24, 2.45) is 17.8 Å². The Kier molecular flexibility index (Phi) is 8.89. The molecule has 0 aromatic carbocycles. The van der Waals surface area contributed by atoms with E-state index in [4.69, 9.17) is 0 Å². The van der Waals surface area contributed by atoms with Crippen LogP contribution in [0.15, 0.2) is 0 Å². The highest BCUT2D eigenvalue weighted by atomic mass is 15.2. The Morgan fingerprint density at radius 2 is 1.29 bits per heavy atom. The molecule has 104 valence electrons. The van der Waals surface area contributed by atoms with E-state index in [1.54, 1.807) is 0 Å². The van der Waals surface area contributed by atoms with E-state index in [0.29, 0.717) is 12.0 Å². The first-order valence-electron chi connectivity index (χ1n) is 7.32. The van der Waals surface area contributed by atoms with Gasteiger partial charge in [-0.25, -0.2) is 0 Å². The molecule has 0 aliphatic heterocycles. The lowest BCUT2D eigenvalue weighted by molar-refractivity contribution is 0.181. The van der Waals surface area contributed by atoms with Crippen LogP contribution < -0.4 is 5.32 Å². The molecule has 0 radical (unpaired) electrons. The van der Waals surface area contributed by atoms with Gasteiger partial charge in [-0.05, 0) is 24.3 Å². The summed E-state index contributed by atoms with van der Waals surface area (Å²) in [6.07, 6.45) is 0. The molecule has 1 N–H and O–H groups in total. The van der Waals surface area contributed by atoms with Gasteiger partial charge in [-0.2, -0.15) is 0 Å². The molecule has 1 unspecified atom stereocenters. The summed E-state index contributed by atoms with van der Waals surface area (Å²) in [6, 6.07) is 0.623. The topological polar surface area (TPSA) is 15.3 Å². The molecule has 0 amide bonds. The van der Waals surface area contributed by atoms with Gasteiger partial charge in [0.15, 0.2) is 0 Å². The van der Waals surface area contributed by atoms with E-state index in [9.17, 15) is 0 Å². The van der Waals surface area contributed by atoms with Crippen molar-refractivity contribution in [3.8, 4) is 0 Å². The molecule has 0 aromatic heterocycles. The molecule has 0 heterocycles. The van der Waals surface area contributed by atoms with Gasteiger partial charge in [-0.1, -0.05) is 48.5 Å². The highest BCUT2D eigenvalue weighted by Gasteiger charge is 2.17. The fourth-order valence-corrected chi connectivity index (χ4v) is 2.31. The molecule has 0 fully saturated rings. The number of hydrogen-bond donors (Lipinski definition) is 1. The summed E-state index contributed by atoms with van der Waals surface area (Å²) in [5, 5.41) is 3.62. The van der Waals surface area contributed by atoms with Crippen LogP contribution in [0.1, 0.15) is 48.5 Å². The second-order valence-corrected chi connectivity index (χ2v) is 6.41. The summed E-state index contributed by atoms with van der Waals surface area (Å²) in [6.45, 7) is 20.8. The van der Waals surface area contributed by atoms with Crippen molar-refractivity contribution in [2.45, 2.75) is 54.5 Å². The van der Waals surface area contributed by atoms with Crippen LogP contribution >= 0.6 is 0 Å². The predicted molar refractivity (Wildman–Crippen MR) is 78.4 cm³/mol. The molecule has 0 bridgehead atoms. The van der Waals surface area contributed by atoms with Crippen LogP contribution in [0.4, 0.5) is 0 Å². The molecule has 0 aliphatic rings. The van der Waals surface area contributed by atoms with Crippen molar-refractivity contribution in [3.05, 3.63) is 0 Å². The van der Waals surface area contributed by atoms with Gasteiger partial charge in [-0.15, -0.1) is 0 Å². The van der Waals surface area contributed by atoms with Crippen LogP contribution in [-0.4, -0.2) is 37.1 Å². The molecule has 0 spiro atoms. The van der Waals surface area contributed by atoms with Crippen molar-refractivity contribution in [1.82, 2.24) is 10.2 Å². The predicted octanol–water partition coefficient (Wildman–Crippen LogP) is 3.23. The zero-order valence-corrected chi connectivity index (χ0v) is 13.1. The third kappa shape index (κ3) is 8.62. The molecular formula is C15H34N2. The monoisotopic (exact) mass is 242 g/mol. The molecule has 0 aromatic rings. The molecule has 0 saturated heterocycles. The van der Waals surface area contributed by atoms with Crippen molar-refractivity contribution in [2.75, 3.05) is 26.2 Å². The Balaban J connectivity index is 4.35. The number of nitrogens with one attached hydrogen (secondary N) is 1. The van der Waals surface area contributed by atoms with Gasteiger partial charge in [0, 0.05) is 25.7 Å². The van der Waals surface area contributed by atoms with Gasteiger partial charge in [-0.3, -0.25) is 0 Å². The van der Waals surface area contributed by atoms with Crippen LogP contribution in [0.2, 0.25) is 0 Å². The minimum Gasteiger partial charge on any atom is -0.313 e. The first-order chi connectivity index (χ1) is 7.86. The number of likely N-dealkylation sites (N-methyl/N-ethyl adjacent to an activating group) is 1.